The second-order valence-corrected chi connectivity index (χ2v) is 5.20. The zero-order chi connectivity index (χ0) is 14.8. The van der Waals surface area contributed by atoms with Gasteiger partial charge in [-0.05, 0) is 37.6 Å². The summed E-state index contributed by atoms with van der Waals surface area (Å²) < 4.78 is 0. The lowest BCUT2D eigenvalue weighted by molar-refractivity contribution is 0.0949. The molecule has 4 heteroatoms. The van der Waals surface area contributed by atoms with Gasteiger partial charge >= 0.3 is 0 Å². The van der Waals surface area contributed by atoms with E-state index in [-0.39, 0.29) is 5.91 Å². The summed E-state index contributed by atoms with van der Waals surface area (Å²) in [4.78, 5) is 19.9. The van der Waals surface area contributed by atoms with E-state index in [1.807, 2.05) is 56.3 Å². The van der Waals surface area contributed by atoms with Crippen LogP contribution in [-0.2, 0) is 6.54 Å². The standard InChI is InChI=1S/C17H17N3O/c1-11-7-8-12(2)13(9-11)17(21)18-10-16-19-14-5-3-4-6-15(14)20-16/h3-9H,10H2,1-2H3,(H,18,21)(H,19,20). The Morgan fingerprint density at radius 2 is 2.00 bits per heavy atom. The third-order valence-electron chi connectivity index (χ3n) is 3.49. The molecule has 0 radical (unpaired) electrons. The minimum absolute atomic E-state index is 0.0725. The lowest BCUT2D eigenvalue weighted by atomic mass is 10.1. The minimum Gasteiger partial charge on any atom is -0.345 e. The zero-order valence-corrected chi connectivity index (χ0v) is 12.1. The van der Waals surface area contributed by atoms with Crippen molar-refractivity contribution in [1.82, 2.24) is 15.3 Å². The van der Waals surface area contributed by atoms with Gasteiger partial charge in [0.25, 0.3) is 5.91 Å². The fraction of sp³-hybridized carbons (Fsp3) is 0.176. The Labute approximate surface area is 123 Å². The van der Waals surface area contributed by atoms with Gasteiger partial charge in [-0.25, -0.2) is 4.98 Å². The van der Waals surface area contributed by atoms with E-state index in [0.29, 0.717) is 12.1 Å². The molecular weight excluding hydrogens is 262 g/mol. The summed E-state index contributed by atoms with van der Waals surface area (Å²) in [5.74, 6) is 0.687. The Bertz CT molecular complexity index is 772. The van der Waals surface area contributed by atoms with E-state index in [1.54, 1.807) is 0 Å². The van der Waals surface area contributed by atoms with Crippen molar-refractivity contribution in [3.05, 3.63) is 65.0 Å². The van der Waals surface area contributed by atoms with E-state index in [9.17, 15) is 4.79 Å². The van der Waals surface area contributed by atoms with Crippen LogP contribution < -0.4 is 5.32 Å². The molecule has 0 bridgehead atoms. The number of para-hydroxylation sites is 2. The first-order chi connectivity index (χ1) is 10.1. The first-order valence-electron chi connectivity index (χ1n) is 6.92. The van der Waals surface area contributed by atoms with Crippen LogP contribution in [0, 0.1) is 13.8 Å². The van der Waals surface area contributed by atoms with Crippen LogP contribution in [0.15, 0.2) is 42.5 Å². The van der Waals surface area contributed by atoms with Crippen molar-refractivity contribution in [2.24, 2.45) is 0 Å². The number of nitrogens with one attached hydrogen (secondary N) is 2. The van der Waals surface area contributed by atoms with Gasteiger partial charge in [0, 0.05) is 5.56 Å². The molecule has 2 aromatic carbocycles. The average Bonchev–Trinajstić information content (AvgIpc) is 2.90. The topological polar surface area (TPSA) is 57.8 Å². The first kappa shape index (κ1) is 13.4. The SMILES string of the molecule is Cc1ccc(C)c(C(=O)NCc2nc3ccccc3[nH]2)c1. The lowest BCUT2D eigenvalue weighted by Crippen LogP contribution is -2.24. The van der Waals surface area contributed by atoms with E-state index in [0.717, 1.165) is 28.0 Å². The van der Waals surface area contributed by atoms with Crippen molar-refractivity contribution in [1.29, 1.82) is 0 Å². The van der Waals surface area contributed by atoms with Gasteiger partial charge in [-0.3, -0.25) is 4.79 Å². The van der Waals surface area contributed by atoms with E-state index in [1.165, 1.54) is 0 Å². The van der Waals surface area contributed by atoms with Crippen molar-refractivity contribution in [3.8, 4) is 0 Å². The second kappa shape index (κ2) is 5.40. The monoisotopic (exact) mass is 279 g/mol. The number of H-pyrrole nitrogens is 1. The summed E-state index contributed by atoms with van der Waals surface area (Å²) in [5.41, 5.74) is 4.66. The van der Waals surface area contributed by atoms with Gasteiger partial charge in [0.05, 0.1) is 17.6 Å². The van der Waals surface area contributed by atoms with Crippen LogP contribution >= 0.6 is 0 Å². The Balaban J connectivity index is 1.74. The number of benzene rings is 2. The predicted molar refractivity (Wildman–Crippen MR) is 83.2 cm³/mol. The second-order valence-electron chi connectivity index (χ2n) is 5.20. The van der Waals surface area contributed by atoms with E-state index in [4.69, 9.17) is 0 Å². The highest BCUT2D eigenvalue weighted by molar-refractivity contribution is 5.95. The number of aromatic amines is 1. The summed E-state index contributed by atoms with van der Waals surface area (Å²) in [5, 5.41) is 2.91. The van der Waals surface area contributed by atoms with E-state index in [2.05, 4.69) is 15.3 Å². The number of nitrogens with zero attached hydrogens (tertiary/aromatic N) is 1. The van der Waals surface area contributed by atoms with Crippen molar-refractivity contribution in [2.75, 3.05) is 0 Å². The van der Waals surface area contributed by atoms with E-state index < -0.39 is 0 Å². The molecule has 106 valence electrons. The largest absolute Gasteiger partial charge is 0.345 e. The van der Waals surface area contributed by atoms with Gasteiger partial charge in [0.2, 0.25) is 0 Å². The number of fused-ring (bicyclic) bond motifs is 1. The quantitative estimate of drug-likeness (QED) is 0.774. The van der Waals surface area contributed by atoms with Gasteiger partial charge in [-0.15, -0.1) is 0 Å². The number of amides is 1. The third kappa shape index (κ3) is 2.79. The maximum absolute atomic E-state index is 12.3. The molecule has 2 N–H and O–H groups in total. The third-order valence-corrected chi connectivity index (χ3v) is 3.49. The van der Waals surface area contributed by atoms with Gasteiger partial charge in [-0.1, -0.05) is 29.8 Å². The minimum atomic E-state index is -0.0725. The highest BCUT2D eigenvalue weighted by atomic mass is 16.1. The Kier molecular flexibility index (Phi) is 3.44. The molecule has 0 aliphatic carbocycles. The molecular formula is C17H17N3O. The molecule has 0 aliphatic rings. The maximum atomic E-state index is 12.3. The molecule has 3 aromatic rings. The molecule has 1 aromatic heterocycles. The number of aromatic nitrogens is 2. The van der Waals surface area contributed by atoms with Gasteiger partial charge in [0.15, 0.2) is 0 Å². The van der Waals surface area contributed by atoms with Crippen LogP contribution in [0.4, 0.5) is 0 Å². The Hall–Kier alpha value is -2.62. The molecule has 0 atom stereocenters. The van der Waals surface area contributed by atoms with Crippen LogP contribution in [-0.4, -0.2) is 15.9 Å². The van der Waals surface area contributed by atoms with Gasteiger partial charge < -0.3 is 10.3 Å². The summed E-state index contributed by atoms with van der Waals surface area (Å²) in [7, 11) is 0. The number of imidazole rings is 1. The molecule has 21 heavy (non-hydrogen) atoms. The fourth-order valence-electron chi connectivity index (χ4n) is 2.33. The first-order valence-corrected chi connectivity index (χ1v) is 6.92. The molecule has 0 saturated carbocycles. The smallest absolute Gasteiger partial charge is 0.251 e. The van der Waals surface area contributed by atoms with E-state index >= 15 is 0 Å². The van der Waals surface area contributed by atoms with Crippen molar-refractivity contribution >= 4 is 16.9 Å². The Morgan fingerprint density at radius 1 is 1.19 bits per heavy atom. The number of carbonyl (C=O) groups is 1. The van der Waals surface area contributed by atoms with Gasteiger partial charge in [-0.2, -0.15) is 0 Å². The number of carbonyl (C=O) groups excluding carboxylic acids is 1. The summed E-state index contributed by atoms with van der Waals surface area (Å²) in [6, 6.07) is 13.7. The van der Waals surface area contributed by atoms with Gasteiger partial charge in [0.1, 0.15) is 5.82 Å². The zero-order valence-electron chi connectivity index (χ0n) is 12.1. The normalized spacial score (nSPS) is 10.8. The lowest BCUT2D eigenvalue weighted by Gasteiger charge is -2.07. The van der Waals surface area contributed by atoms with Crippen LogP contribution in [0.1, 0.15) is 27.3 Å². The highest BCUT2D eigenvalue weighted by Gasteiger charge is 2.10. The number of hydrogen-bond acceptors (Lipinski definition) is 2. The molecule has 0 saturated heterocycles. The number of hydrogen-bond donors (Lipinski definition) is 2. The molecule has 0 aliphatic heterocycles. The molecule has 0 unspecified atom stereocenters. The van der Waals surface area contributed by atoms with Crippen molar-refractivity contribution in [2.45, 2.75) is 20.4 Å². The molecule has 0 fully saturated rings. The van der Waals surface area contributed by atoms with Crippen LogP contribution in [0.2, 0.25) is 0 Å². The molecule has 1 heterocycles. The highest BCUT2D eigenvalue weighted by Crippen LogP contribution is 2.12. The summed E-state index contributed by atoms with van der Waals surface area (Å²) in [6.45, 7) is 4.31. The molecule has 4 nitrogen and oxygen atoms in total. The summed E-state index contributed by atoms with van der Waals surface area (Å²) in [6.07, 6.45) is 0. The van der Waals surface area contributed by atoms with Crippen molar-refractivity contribution in [3.63, 3.8) is 0 Å². The molecule has 0 spiro atoms. The number of aryl methyl sites for hydroxylation is 2. The van der Waals surface area contributed by atoms with Crippen molar-refractivity contribution < 1.29 is 4.79 Å². The van der Waals surface area contributed by atoms with Crippen LogP contribution in [0.5, 0.6) is 0 Å². The van der Waals surface area contributed by atoms with Crippen LogP contribution in [0.25, 0.3) is 11.0 Å². The molecule has 3 rings (SSSR count). The molecule has 1 amide bonds. The number of rotatable bonds is 3. The fourth-order valence-corrected chi connectivity index (χ4v) is 2.33. The predicted octanol–water partition coefficient (Wildman–Crippen LogP) is 3.11. The average molecular weight is 279 g/mol. The van der Waals surface area contributed by atoms with Crippen LogP contribution in [0.3, 0.4) is 0 Å². The maximum Gasteiger partial charge on any atom is 0.251 e. The Morgan fingerprint density at radius 3 is 2.81 bits per heavy atom. The summed E-state index contributed by atoms with van der Waals surface area (Å²) >= 11 is 0.